The highest BCUT2D eigenvalue weighted by Gasteiger charge is 2.32. The van der Waals surface area contributed by atoms with Crippen molar-refractivity contribution in [1.82, 2.24) is 10.2 Å². The summed E-state index contributed by atoms with van der Waals surface area (Å²) in [6, 6.07) is 10.6. The van der Waals surface area contributed by atoms with Gasteiger partial charge >= 0.3 is 0 Å². The molecule has 0 amide bonds. The van der Waals surface area contributed by atoms with E-state index in [1.807, 2.05) is 13.0 Å². The average molecular weight is 260 g/mol. The van der Waals surface area contributed by atoms with Gasteiger partial charge in [0, 0.05) is 25.0 Å². The minimum Gasteiger partial charge on any atom is -0.344 e. The van der Waals surface area contributed by atoms with Crippen LogP contribution in [0.3, 0.4) is 0 Å². The largest absolute Gasteiger partial charge is 0.344 e. The fraction of sp³-hybridized carbons (Fsp3) is 0.385. The second-order valence-corrected chi connectivity index (χ2v) is 5.85. The maximum absolute atomic E-state index is 6.26. The highest BCUT2D eigenvalue weighted by Crippen LogP contribution is 2.31. The maximum Gasteiger partial charge on any atom is 0.208 e. The van der Waals surface area contributed by atoms with Crippen molar-refractivity contribution >= 4 is 16.5 Å². The summed E-state index contributed by atoms with van der Waals surface area (Å²) in [6.07, 6.45) is 0. The molecule has 18 heavy (non-hydrogen) atoms. The summed E-state index contributed by atoms with van der Waals surface area (Å²) in [6.45, 7) is 3.76. The van der Waals surface area contributed by atoms with E-state index in [-0.39, 0.29) is 6.04 Å². The number of anilines is 1. The van der Waals surface area contributed by atoms with Crippen LogP contribution in [0, 0.1) is 6.92 Å². The van der Waals surface area contributed by atoms with E-state index in [1.165, 1.54) is 5.56 Å². The Morgan fingerprint density at radius 2 is 2.00 bits per heavy atom. The van der Waals surface area contributed by atoms with Gasteiger partial charge < -0.3 is 10.6 Å². The molecule has 5 heteroatoms. The third kappa shape index (κ3) is 2.11. The van der Waals surface area contributed by atoms with Crippen molar-refractivity contribution in [2.24, 2.45) is 5.73 Å². The van der Waals surface area contributed by atoms with Crippen LogP contribution in [-0.2, 0) is 0 Å². The second kappa shape index (κ2) is 4.66. The molecule has 4 nitrogen and oxygen atoms in total. The monoisotopic (exact) mass is 260 g/mol. The van der Waals surface area contributed by atoms with Crippen LogP contribution in [0.4, 0.5) is 5.13 Å². The Hall–Kier alpha value is -1.46. The molecule has 1 aliphatic rings. The van der Waals surface area contributed by atoms with Gasteiger partial charge in [-0.05, 0) is 12.5 Å². The lowest BCUT2D eigenvalue weighted by Crippen LogP contribution is -2.28. The zero-order valence-electron chi connectivity index (χ0n) is 10.3. The molecule has 2 N–H and O–H groups in total. The predicted octanol–water partition coefficient (Wildman–Crippen LogP) is 1.78. The molecule has 1 aliphatic heterocycles. The molecular formula is C13H16N4S. The van der Waals surface area contributed by atoms with E-state index < -0.39 is 0 Å². The zero-order valence-corrected chi connectivity index (χ0v) is 11.1. The van der Waals surface area contributed by atoms with Gasteiger partial charge in [0.25, 0.3) is 0 Å². The van der Waals surface area contributed by atoms with Gasteiger partial charge in [-0.15, -0.1) is 10.2 Å². The molecule has 0 aliphatic carbocycles. The zero-order chi connectivity index (χ0) is 12.5. The third-order valence-electron chi connectivity index (χ3n) is 3.38. The number of benzene rings is 1. The number of hydrogen-bond donors (Lipinski definition) is 1. The van der Waals surface area contributed by atoms with Gasteiger partial charge in [-0.3, -0.25) is 0 Å². The van der Waals surface area contributed by atoms with E-state index in [0.717, 1.165) is 23.2 Å². The van der Waals surface area contributed by atoms with Crippen molar-refractivity contribution in [2.45, 2.75) is 18.9 Å². The van der Waals surface area contributed by atoms with Crippen molar-refractivity contribution in [1.29, 1.82) is 0 Å². The van der Waals surface area contributed by atoms with E-state index >= 15 is 0 Å². The van der Waals surface area contributed by atoms with Crippen LogP contribution in [-0.4, -0.2) is 29.3 Å². The number of nitrogens with two attached hydrogens (primary N) is 1. The molecule has 0 saturated carbocycles. The Balaban J connectivity index is 1.80. The quantitative estimate of drug-likeness (QED) is 0.894. The van der Waals surface area contributed by atoms with Crippen LogP contribution >= 0.6 is 11.3 Å². The Kier molecular flexibility index (Phi) is 3.01. The summed E-state index contributed by atoms with van der Waals surface area (Å²) in [5, 5.41) is 10.3. The lowest BCUT2D eigenvalue weighted by atomic mass is 9.95. The molecule has 1 fully saturated rings. The molecular weight excluding hydrogens is 244 g/mol. The van der Waals surface area contributed by atoms with Crippen LogP contribution < -0.4 is 10.6 Å². The molecule has 1 aromatic heterocycles. The van der Waals surface area contributed by atoms with Crippen LogP contribution in [0.15, 0.2) is 30.3 Å². The molecule has 0 spiro atoms. The summed E-state index contributed by atoms with van der Waals surface area (Å²) in [5.74, 6) is 0.385. The molecule has 2 heterocycles. The smallest absolute Gasteiger partial charge is 0.208 e. The summed E-state index contributed by atoms with van der Waals surface area (Å²) in [7, 11) is 0. The minimum absolute atomic E-state index is 0.164. The van der Waals surface area contributed by atoms with Gasteiger partial charge in [-0.2, -0.15) is 0 Å². The second-order valence-electron chi connectivity index (χ2n) is 4.69. The first-order valence-electron chi connectivity index (χ1n) is 6.09. The summed E-state index contributed by atoms with van der Waals surface area (Å²) < 4.78 is 0. The van der Waals surface area contributed by atoms with E-state index in [4.69, 9.17) is 5.73 Å². The summed E-state index contributed by atoms with van der Waals surface area (Å²) in [4.78, 5) is 2.24. The molecule has 3 rings (SSSR count). The first kappa shape index (κ1) is 11.6. The number of hydrogen-bond acceptors (Lipinski definition) is 5. The van der Waals surface area contributed by atoms with Crippen molar-refractivity contribution in [3.63, 3.8) is 0 Å². The van der Waals surface area contributed by atoms with Crippen LogP contribution in [0.2, 0.25) is 0 Å². The highest BCUT2D eigenvalue weighted by molar-refractivity contribution is 7.15. The van der Waals surface area contributed by atoms with Crippen LogP contribution in [0.25, 0.3) is 0 Å². The highest BCUT2D eigenvalue weighted by atomic mass is 32.1. The Morgan fingerprint density at radius 3 is 2.67 bits per heavy atom. The van der Waals surface area contributed by atoms with Gasteiger partial charge in [-0.25, -0.2) is 0 Å². The maximum atomic E-state index is 6.26. The van der Waals surface area contributed by atoms with E-state index in [2.05, 4.69) is 39.4 Å². The SMILES string of the molecule is Cc1nnc(N2CC(N)C(c3ccccc3)C2)s1. The topological polar surface area (TPSA) is 55.0 Å². The molecule has 0 bridgehead atoms. The van der Waals surface area contributed by atoms with Gasteiger partial charge in [0.2, 0.25) is 5.13 Å². The molecule has 0 radical (unpaired) electrons. The molecule has 2 atom stereocenters. The average Bonchev–Trinajstić information content (AvgIpc) is 2.97. The van der Waals surface area contributed by atoms with E-state index in [0.29, 0.717) is 5.92 Å². The van der Waals surface area contributed by atoms with Crippen molar-refractivity contribution in [3.8, 4) is 0 Å². The number of nitrogens with zero attached hydrogens (tertiary/aromatic N) is 3. The summed E-state index contributed by atoms with van der Waals surface area (Å²) in [5.41, 5.74) is 7.57. The lowest BCUT2D eigenvalue weighted by molar-refractivity contribution is 0.653. The lowest BCUT2D eigenvalue weighted by Gasteiger charge is -2.14. The molecule has 1 saturated heterocycles. The Morgan fingerprint density at radius 1 is 1.22 bits per heavy atom. The molecule has 2 aromatic rings. The van der Waals surface area contributed by atoms with Crippen LogP contribution in [0.5, 0.6) is 0 Å². The minimum atomic E-state index is 0.164. The molecule has 94 valence electrons. The van der Waals surface area contributed by atoms with Crippen molar-refractivity contribution in [2.75, 3.05) is 18.0 Å². The standard InChI is InChI=1S/C13H16N4S/c1-9-15-16-13(18-9)17-7-11(12(14)8-17)10-5-3-2-4-6-10/h2-6,11-12H,7-8,14H2,1H3. The van der Waals surface area contributed by atoms with E-state index in [1.54, 1.807) is 11.3 Å². The Bertz CT molecular complexity index is 525. The van der Waals surface area contributed by atoms with Crippen molar-refractivity contribution < 1.29 is 0 Å². The first-order chi connectivity index (χ1) is 8.74. The number of aromatic nitrogens is 2. The van der Waals surface area contributed by atoms with Crippen molar-refractivity contribution in [3.05, 3.63) is 40.9 Å². The predicted molar refractivity (Wildman–Crippen MR) is 74.0 cm³/mol. The van der Waals surface area contributed by atoms with Crippen LogP contribution in [0.1, 0.15) is 16.5 Å². The first-order valence-corrected chi connectivity index (χ1v) is 6.91. The van der Waals surface area contributed by atoms with E-state index in [9.17, 15) is 0 Å². The normalized spacial score (nSPS) is 23.6. The number of aryl methyl sites for hydroxylation is 1. The fourth-order valence-corrected chi connectivity index (χ4v) is 3.16. The van der Waals surface area contributed by atoms with Gasteiger partial charge in [0.1, 0.15) is 5.01 Å². The fourth-order valence-electron chi connectivity index (χ4n) is 2.45. The third-order valence-corrected chi connectivity index (χ3v) is 4.28. The van der Waals surface area contributed by atoms with Gasteiger partial charge in [0.05, 0.1) is 0 Å². The summed E-state index contributed by atoms with van der Waals surface area (Å²) >= 11 is 1.63. The molecule has 1 aromatic carbocycles. The molecule has 2 unspecified atom stereocenters. The van der Waals surface area contributed by atoms with Gasteiger partial charge in [0.15, 0.2) is 0 Å². The Labute approximate surface area is 110 Å². The number of rotatable bonds is 2. The van der Waals surface area contributed by atoms with Gasteiger partial charge in [-0.1, -0.05) is 41.7 Å².